The molecule has 1 atom stereocenters. The van der Waals surface area contributed by atoms with Gasteiger partial charge in [0.1, 0.15) is 17.2 Å². The molecule has 5 nitrogen and oxygen atoms in total. The van der Waals surface area contributed by atoms with Gasteiger partial charge in [0.2, 0.25) is 5.91 Å². The van der Waals surface area contributed by atoms with E-state index >= 15 is 0 Å². The second-order valence-corrected chi connectivity index (χ2v) is 5.55. The average molecular weight is 342 g/mol. The third-order valence-electron chi connectivity index (χ3n) is 3.08. The van der Waals surface area contributed by atoms with Crippen molar-refractivity contribution >= 4 is 33.5 Å². The van der Waals surface area contributed by atoms with Crippen molar-refractivity contribution < 1.29 is 19.1 Å². The second kappa shape index (κ2) is 6.74. The monoisotopic (exact) mass is 341 g/mol. The minimum Gasteiger partial charge on any atom is -0.492 e. The largest absolute Gasteiger partial charge is 0.492 e. The van der Waals surface area contributed by atoms with E-state index in [4.69, 9.17) is 4.74 Å². The number of amides is 1. The predicted octanol–water partition coefficient (Wildman–Crippen LogP) is 2.13. The van der Waals surface area contributed by atoms with Crippen LogP contribution < -0.4 is 9.64 Å². The summed E-state index contributed by atoms with van der Waals surface area (Å²) in [7, 11) is 1.33. The number of ether oxygens (including phenoxy) is 2. The number of carbonyl (C=O) groups is 2. The number of halogens is 1. The minimum atomic E-state index is -0.493. The van der Waals surface area contributed by atoms with E-state index in [0.29, 0.717) is 12.2 Å². The van der Waals surface area contributed by atoms with Gasteiger partial charge in [-0.3, -0.25) is 9.59 Å². The number of carbonyl (C=O) groups excluding carboxylic acids is 2. The topological polar surface area (TPSA) is 55.8 Å². The average Bonchev–Trinajstić information content (AvgIpc) is 2.90. The molecule has 0 bridgehead atoms. The number of nitrogens with zero attached hydrogens (tertiary/aromatic N) is 1. The van der Waals surface area contributed by atoms with E-state index in [2.05, 4.69) is 20.7 Å². The molecule has 6 heteroatoms. The normalized spacial score (nSPS) is 16.1. The molecule has 20 heavy (non-hydrogen) atoms. The molecule has 1 aromatic carbocycles. The van der Waals surface area contributed by atoms with Crippen LogP contribution in [-0.4, -0.2) is 37.0 Å². The third-order valence-corrected chi connectivity index (χ3v) is 3.71. The SMILES string of the molecule is COC(=O)C(Br)COc1ccc(N2CCCC2=O)cc1. The highest BCUT2D eigenvalue weighted by atomic mass is 79.9. The number of benzene rings is 1. The molecular formula is C14H16BrNO4. The van der Waals surface area contributed by atoms with Gasteiger partial charge in [-0.15, -0.1) is 0 Å². The maximum atomic E-state index is 11.6. The summed E-state index contributed by atoms with van der Waals surface area (Å²) < 4.78 is 10.1. The molecule has 0 aliphatic carbocycles. The molecule has 1 fully saturated rings. The van der Waals surface area contributed by atoms with Crippen molar-refractivity contribution in [3.05, 3.63) is 24.3 Å². The van der Waals surface area contributed by atoms with Crippen LogP contribution in [0.4, 0.5) is 5.69 Å². The first-order valence-corrected chi connectivity index (χ1v) is 7.28. The van der Waals surface area contributed by atoms with Crippen molar-refractivity contribution in [1.29, 1.82) is 0 Å². The van der Waals surface area contributed by atoms with E-state index in [1.807, 2.05) is 12.1 Å². The summed E-state index contributed by atoms with van der Waals surface area (Å²) in [5.41, 5.74) is 0.878. The van der Waals surface area contributed by atoms with Crippen LogP contribution in [0.15, 0.2) is 24.3 Å². The second-order valence-electron chi connectivity index (χ2n) is 4.44. The Morgan fingerprint density at radius 2 is 2.10 bits per heavy atom. The lowest BCUT2D eigenvalue weighted by molar-refractivity contribution is -0.140. The first-order valence-electron chi connectivity index (χ1n) is 6.37. The van der Waals surface area contributed by atoms with E-state index < -0.39 is 4.83 Å². The van der Waals surface area contributed by atoms with Crippen LogP contribution in [0.1, 0.15) is 12.8 Å². The van der Waals surface area contributed by atoms with Crippen LogP contribution in [-0.2, 0) is 14.3 Å². The molecule has 1 heterocycles. The smallest absolute Gasteiger partial charge is 0.322 e. The van der Waals surface area contributed by atoms with Gasteiger partial charge in [-0.2, -0.15) is 0 Å². The summed E-state index contributed by atoms with van der Waals surface area (Å²) in [6.45, 7) is 0.958. The lowest BCUT2D eigenvalue weighted by atomic mass is 10.3. The Bertz CT molecular complexity index is 488. The van der Waals surface area contributed by atoms with Crippen LogP contribution in [0.25, 0.3) is 0 Å². The minimum absolute atomic E-state index is 0.157. The zero-order valence-corrected chi connectivity index (χ0v) is 12.8. The zero-order chi connectivity index (χ0) is 14.5. The fourth-order valence-corrected chi connectivity index (χ4v) is 2.33. The first-order chi connectivity index (χ1) is 9.61. The molecule has 1 aliphatic heterocycles. The van der Waals surface area contributed by atoms with Gasteiger partial charge in [0.25, 0.3) is 0 Å². The fourth-order valence-electron chi connectivity index (χ4n) is 2.01. The van der Waals surface area contributed by atoms with Crippen molar-refractivity contribution in [3.63, 3.8) is 0 Å². The number of rotatable bonds is 5. The highest BCUT2D eigenvalue weighted by molar-refractivity contribution is 9.10. The zero-order valence-electron chi connectivity index (χ0n) is 11.2. The van der Waals surface area contributed by atoms with Crippen molar-refractivity contribution in [2.75, 3.05) is 25.2 Å². The van der Waals surface area contributed by atoms with Crippen molar-refractivity contribution in [3.8, 4) is 5.75 Å². The van der Waals surface area contributed by atoms with Gasteiger partial charge < -0.3 is 14.4 Å². The van der Waals surface area contributed by atoms with Crippen molar-refractivity contribution in [2.45, 2.75) is 17.7 Å². The van der Waals surface area contributed by atoms with Crippen molar-refractivity contribution in [1.82, 2.24) is 0 Å². The predicted molar refractivity (Wildman–Crippen MR) is 78.3 cm³/mol. The molecule has 0 saturated carbocycles. The lowest BCUT2D eigenvalue weighted by Crippen LogP contribution is -2.24. The van der Waals surface area contributed by atoms with Crippen LogP contribution in [0.5, 0.6) is 5.75 Å². The Kier molecular flexibility index (Phi) is 5.00. The van der Waals surface area contributed by atoms with E-state index in [1.165, 1.54) is 7.11 Å². The van der Waals surface area contributed by atoms with Crippen LogP contribution in [0.2, 0.25) is 0 Å². The molecule has 108 valence electrons. The highest BCUT2D eigenvalue weighted by Gasteiger charge is 2.21. The Labute approximate surface area is 126 Å². The molecule has 1 aliphatic rings. The maximum absolute atomic E-state index is 11.6. The van der Waals surface area contributed by atoms with E-state index in [1.54, 1.807) is 17.0 Å². The van der Waals surface area contributed by atoms with Gasteiger partial charge in [0.05, 0.1) is 7.11 Å². The molecule has 1 amide bonds. The standard InChI is InChI=1S/C14H16BrNO4/c1-19-14(18)12(15)9-20-11-6-4-10(5-7-11)16-8-2-3-13(16)17/h4-7,12H,2-3,8-9H2,1H3. The summed E-state index contributed by atoms with van der Waals surface area (Å²) in [5.74, 6) is 0.433. The number of alkyl halides is 1. The van der Waals surface area contributed by atoms with E-state index in [-0.39, 0.29) is 18.5 Å². The lowest BCUT2D eigenvalue weighted by Gasteiger charge is -2.16. The Balaban J connectivity index is 1.91. The van der Waals surface area contributed by atoms with Crippen molar-refractivity contribution in [2.24, 2.45) is 0 Å². The van der Waals surface area contributed by atoms with E-state index in [9.17, 15) is 9.59 Å². The first kappa shape index (κ1) is 14.8. The van der Waals surface area contributed by atoms with Gasteiger partial charge in [0, 0.05) is 18.7 Å². The molecule has 1 unspecified atom stereocenters. The van der Waals surface area contributed by atoms with Gasteiger partial charge in [0.15, 0.2) is 0 Å². The van der Waals surface area contributed by atoms with Gasteiger partial charge in [-0.1, -0.05) is 15.9 Å². The maximum Gasteiger partial charge on any atom is 0.322 e. The van der Waals surface area contributed by atoms with Crippen LogP contribution in [0, 0.1) is 0 Å². The van der Waals surface area contributed by atoms with Gasteiger partial charge in [-0.25, -0.2) is 0 Å². The number of hydrogen-bond acceptors (Lipinski definition) is 4. The van der Waals surface area contributed by atoms with E-state index in [0.717, 1.165) is 18.7 Å². The Morgan fingerprint density at radius 3 is 2.65 bits per heavy atom. The summed E-state index contributed by atoms with van der Waals surface area (Å²) in [5, 5.41) is 0. The molecule has 1 aromatic rings. The Hall–Kier alpha value is -1.56. The third kappa shape index (κ3) is 3.50. The molecule has 0 spiro atoms. The number of esters is 1. The van der Waals surface area contributed by atoms with Gasteiger partial charge in [-0.05, 0) is 30.7 Å². The van der Waals surface area contributed by atoms with Crippen LogP contribution >= 0.6 is 15.9 Å². The molecular weight excluding hydrogens is 326 g/mol. The summed E-state index contributed by atoms with van der Waals surface area (Å²) in [4.78, 5) is 24.1. The molecule has 0 radical (unpaired) electrons. The summed E-state index contributed by atoms with van der Waals surface area (Å²) in [6.07, 6.45) is 1.52. The highest BCUT2D eigenvalue weighted by Crippen LogP contribution is 2.24. The van der Waals surface area contributed by atoms with Crippen LogP contribution in [0.3, 0.4) is 0 Å². The molecule has 2 rings (SSSR count). The molecule has 0 aromatic heterocycles. The molecule has 0 N–H and O–H groups in total. The quantitative estimate of drug-likeness (QED) is 0.608. The fraction of sp³-hybridized carbons (Fsp3) is 0.429. The number of hydrogen-bond donors (Lipinski definition) is 0. The summed E-state index contributed by atoms with van der Waals surface area (Å²) >= 11 is 3.18. The molecule has 1 saturated heterocycles. The Morgan fingerprint density at radius 1 is 1.40 bits per heavy atom. The summed E-state index contributed by atoms with van der Waals surface area (Å²) in [6, 6.07) is 7.27. The van der Waals surface area contributed by atoms with Gasteiger partial charge >= 0.3 is 5.97 Å². The number of methoxy groups -OCH3 is 1. The number of anilines is 1.